The number of nitrogens with one attached hydrogen (secondary N) is 4. The lowest BCUT2D eigenvalue weighted by Crippen LogP contribution is -2.33. The van der Waals surface area contributed by atoms with Crippen LogP contribution < -0.4 is 27.5 Å². The number of hydrogen-bond acceptors (Lipinski definition) is 12. The molecule has 2 rings (SSSR count). The minimum absolute atomic E-state index is 0.0258. The van der Waals surface area contributed by atoms with Crippen molar-refractivity contribution in [3.8, 4) is 0 Å². The van der Waals surface area contributed by atoms with E-state index in [9.17, 15) is 28.8 Å². The number of esters is 2. The molecule has 2 amide bonds. The quantitative estimate of drug-likeness (QED) is 0.0415. The van der Waals surface area contributed by atoms with E-state index in [0.717, 1.165) is 57.1 Å². The Morgan fingerprint density at radius 1 is 0.865 bits per heavy atom. The molecule has 0 bridgehead atoms. The fraction of sp³-hybridized carbons (Fsp3) is 0.556. The number of rotatable bonds is 19. The predicted molar refractivity (Wildman–Crippen MR) is 201 cm³/mol. The molecule has 2 aromatic heterocycles. The van der Waals surface area contributed by atoms with Crippen molar-refractivity contribution < 1.29 is 28.7 Å². The Balaban J connectivity index is 0.000000841. The fourth-order valence-corrected chi connectivity index (χ4v) is 4.41. The number of urea groups is 1. The largest absolute Gasteiger partial charge is 0.460 e. The Labute approximate surface area is 305 Å². The van der Waals surface area contributed by atoms with E-state index in [2.05, 4.69) is 81.2 Å². The van der Waals surface area contributed by atoms with Crippen molar-refractivity contribution in [3.63, 3.8) is 0 Å². The SMILES string of the molecule is C=C(C)C(=O)OCCN=C=O.C=C(C)C(=O)OCCNC(=O)Nc1nc(C(CC)CCCC)cc(=O)[nH]1.CCCCC(CC)c1cc(=O)[nH]c(N)n1. The zero-order chi connectivity index (χ0) is 39.5. The van der Waals surface area contributed by atoms with Crippen molar-refractivity contribution in [2.75, 3.05) is 37.4 Å². The summed E-state index contributed by atoms with van der Waals surface area (Å²) in [5.41, 5.74) is 7.17. The third-order valence-electron chi connectivity index (χ3n) is 7.23. The van der Waals surface area contributed by atoms with Gasteiger partial charge in [0.15, 0.2) is 0 Å². The van der Waals surface area contributed by atoms with Gasteiger partial charge in [-0.05, 0) is 39.5 Å². The van der Waals surface area contributed by atoms with Gasteiger partial charge in [0.1, 0.15) is 13.2 Å². The molecular formula is C36H56N8O8. The maximum Gasteiger partial charge on any atom is 0.333 e. The standard InChI is InChI=1S/C18H28N4O4.C11H19N3O.C7H9NO3/c1-5-7-8-13(6-2)14-11-15(23)21-17(20-14)22-18(25)19-9-10-26-16(24)12(3)4;1-3-5-6-8(4-2)9-7-10(15)14-11(12)13-9;1-6(2)7(10)11-4-3-8-5-9/h11,13H,3,5-10H2,1-2,4H3,(H3,19,20,21,22,23,25);7-8H,3-6H2,1-2H3,(H3,12,13,14,15);1,3-4H2,2H3. The normalized spacial score (nSPS) is 11.1. The van der Waals surface area contributed by atoms with Gasteiger partial charge in [-0.1, -0.05) is 66.5 Å². The number of unbranched alkanes of at least 4 members (excludes halogenated alkanes) is 2. The predicted octanol–water partition coefficient (Wildman–Crippen LogP) is 5.17. The lowest BCUT2D eigenvalue weighted by atomic mass is 9.96. The van der Waals surface area contributed by atoms with E-state index in [0.29, 0.717) is 22.8 Å². The van der Waals surface area contributed by atoms with E-state index in [-0.39, 0.29) is 55.2 Å². The summed E-state index contributed by atoms with van der Waals surface area (Å²) in [5.74, 6) is -0.127. The van der Waals surface area contributed by atoms with E-state index >= 15 is 0 Å². The molecule has 2 heterocycles. The van der Waals surface area contributed by atoms with E-state index in [4.69, 9.17) is 10.5 Å². The number of ether oxygens (including phenoxy) is 2. The third kappa shape index (κ3) is 21.0. The van der Waals surface area contributed by atoms with E-state index in [1.165, 1.54) is 12.1 Å². The smallest absolute Gasteiger partial charge is 0.333 e. The highest BCUT2D eigenvalue weighted by Crippen LogP contribution is 2.24. The summed E-state index contributed by atoms with van der Waals surface area (Å²) in [6, 6.07) is 2.49. The van der Waals surface area contributed by atoms with Crippen molar-refractivity contribution in [3.05, 3.63) is 68.5 Å². The van der Waals surface area contributed by atoms with Gasteiger partial charge in [-0.3, -0.25) is 24.9 Å². The number of carbonyl (C=O) groups is 3. The molecule has 0 radical (unpaired) electrons. The van der Waals surface area contributed by atoms with Crippen LogP contribution in [0.3, 0.4) is 0 Å². The molecule has 0 saturated carbocycles. The molecule has 2 aromatic rings. The molecular weight excluding hydrogens is 672 g/mol. The number of aromatic nitrogens is 4. The van der Waals surface area contributed by atoms with Crippen LogP contribution in [0, 0.1) is 0 Å². The second kappa shape index (κ2) is 27.4. The second-order valence-electron chi connectivity index (χ2n) is 11.8. The van der Waals surface area contributed by atoms with Gasteiger partial charge in [-0.2, -0.15) is 0 Å². The van der Waals surface area contributed by atoms with Gasteiger partial charge in [0, 0.05) is 35.1 Å². The van der Waals surface area contributed by atoms with E-state index in [1.54, 1.807) is 19.9 Å². The number of aromatic amines is 2. The molecule has 288 valence electrons. The van der Waals surface area contributed by atoms with Gasteiger partial charge in [0.2, 0.25) is 18.0 Å². The number of isocyanates is 1. The van der Waals surface area contributed by atoms with Crippen LogP contribution in [0.5, 0.6) is 0 Å². The minimum atomic E-state index is -0.543. The zero-order valence-electron chi connectivity index (χ0n) is 31.4. The number of anilines is 2. The van der Waals surface area contributed by atoms with Crippen LogP contribution in [0.4, 0.5) is 16.7 Å². The zero-order valence-corrected chi connectivity index (χ0v) is 31.4. The number of aliphatic imine (C=N–C) groups is 1. The lowest BCUT2D eigenvalue weighted by molar-refractivity contribution is -0.139. The number of nitrogen functional groups attached to an aromatic ring is 1. The summed E-state index contributed by atoms with van der Waals surface area (Å²) < 4.78 is 9.47. The third-order valence-corrected chi connectivity index (χ3v) is 7.23. The molecule has 0 aliphatic carbocycles. The Morgan fingerprint density at radius 3 is 1.83 bits per heavy atom. The summed E-state index contributed by atoms with van der Waals surface area (Å²) in [6.07, 6.45) is 9.67. The van der Waals surface area contributed by atoms with Crippen LogP contribution in [0.2, 0.25) is 0 Å². The molecule has 16 heteroatoms. The Morgan fingerprint density at radius 2 is 1.37 bits per heavy atom. The van der Waals surface area contributed by atoms with Crippen LogP contribution in [-0.4, -0.2) is 70.3 Å². The highest BCUT2D eigenvalue weighted by molar-refractivity contribution is 5.88. The molecule has 0 fully saturated rings. The first-order chi connectivity index (χ1) is 24.7. The molecule has 2 unspecified atom stereocenters. The number of H-pyrrole nitrogens is 2. The molecule has 0 saturated heterocycles. The maximum absolute atomic E-state index is 11.9. The van der Waals surface area contributed by atoms with Crippen molar-refractivity contribution in [2.45, 2.75) is 105 Å². The number of nitrogens with two attached hydrogens (primary N) is 1. The van der Waals surface area contributed by atoms with Crippen molar-refractivity contribution >= 4 is 35.9 Å². The van der Waals surface area contributed by atoms with Crippen molar-refractivity contribution in [1.29, 1.82) is 0 Å². The van der Waals surface area contributed by atoms with Crippen LogP contribution in [-0.2, 0) is 23.9 Å². The maximum atomic E-state index is 11.9. The van der Waals surface area contributed by atoms with E-state index < -0.39 is 18.0 Å². The molecule has 16 nitrogen and oxygen atoms in total. The molecule has 0 spiro atoms. The molecule has 0 aromatic carbocycles. The highest BCUT2D eigenvalue weighted by Gasteiger charge is 2.14. The number of hydrogen-bond donors (Lipinski definition) is 5. The van der Waals surface area contributed by atoms with Crippen molar-refractivity contribution in [1.82, 2.24) is 25.3 Å². The van der Waals surface area contributed by atoms with Gasteiger partial charge >= 0.3 is 18.0 Å². The topological polar surface area (TPSA) is 241 Å². The fourth-order valence-electron chi connectivity index (χ4n) is 4.41. The first kappa shape index (κ1) is 46.6. The first-order valence-electron chi connectivity index (χ1n) is 17.4. The molecule has 2 atom stereocenters. The Bertz CT molecular complexity index is 1600. The summed E-state index contributed by atoms with van der Waals surface area (Å²) in [7, 11) is 0. The van der Waals surface area contributed by atoms with Crippen LogP contribution in [0.1, 0.15) is 116 Å². The van der Waals surface area contributed by atoms with Gasteiger partial charge in [0.05, 0.1) is 24.5 Å². The average Bonchev–Trinajstić information content (AvgIpc) is 3.09. The van der Waals surface area contributed by atoms with Gasteiger partial charge < -0.3 is 20.5 Å². The second-order valence-corrected chi connectivity index (χ2v) is 11.8. The van der Waals surface area contributed by atoms with Gasteiger partial charge in [-0.15, -0.1) is 0 Å². The average molecular weight is 729 g/mol. The summed E-state index contributed by atoms with van der Waals surface area (Å²) in [5, 5.41) is 5.02. The minimum Gasteiger partial charge on any atom is -0.460 e. The first-order valence-corrected chi connectivity index (χ1v) is 17.4. The summed E-state index contributed by atoms with van der Waals surface area (Å²) in [4.78, 5) is 83.0. The highest BCUT2D eigenvalue weighted by atomic mass is 16.5. The molecule has 52 heavy (non-hydrogen) atoms. The number of nitrogens with zero attached hydrogens (tertiary/aromatic N) is 3. The summed E-state index contributed by atoms with van der Waals surface area (Å²) >= 11 is 0. The van der Waals surface area contributed by atoms with E-state index in [1.807, 2.05) is 0 Å². The lowest BCUT2D eigenvalue weighted by Gasteiger charge is -2.14. The number of carbonyl (C=O) groups excluding carboxylic acids is 4. The summed E-state index contributed by atoms with van der Waals surface area (Å²) in [6.45, 7) is 18.8. The molecule has 0 aliphatic heterocycles. The molecule has 6 N–H and O–H groups in total. The van der Waals surface area contributed by atoms with Crippen LogP contribution in [0.15, 0.2) is 51.0 Å². The monoisotopic (exact) mass is 728 g/mol. The Hall–Kier alpha value is -5.37. The van der Waals surface area contributed by atoms with Crippen LogP contribution >= 0.6 is 0 Å². The molecule has 0 aliphatic rings. The van der Waals surface area contributed by atoms with Gasteiger partial charge in [-0.25, -0.2) is 34.1 Å². The number of amides is 2. The Kier molecular flexibility index (Phi) is 24.5. The van der Waals surface area contributed by atoms with Crippen LogP contribution in [0.25, 0.3) is 0 Å². The van der Waals surface area contributed by atoms with Crippen molar-refractivity contribution in [2.24, 2.45) is 4.99 Å². The van der Waals surface area contributed by atoms with Gasteiger partial charge in [0.25, 0.3) is 11.1 Å².